The second-order valence-corrected chi connectivity index (χ2v) is 6.80. The molecule has 0 amide bonds. The molecular weight excluding hydrogens is 228 g/mol. The first-order chi connectivity index (χ1) is 7.28. The Hall–Kier alpha value is -0.580. The molecule has 0 saturated heterocycles. The van der Waals surface area contributed by atoms with Gasteiger partial charge in [0.2, 0.25) is 0 Å². The number of ether oxygens (including phenoxy) is 1. The number of hydrogen-bond donors (Lipinski definition) is 0. The second-order valence-electron chi connectivity index (χ2n) is 4.57. The van der Waals surface area contributed by atoms with E-state index < -0.39 is 21.7 Å². The van der Waals surface area contributed by atoms with Crippen molar-refractivity contribution >= 4 is 15.8 Å². The number of rotatable bonds is 7. The number of esters is 1. The van der Waals surface area contributed by atoms with Crippen molar-refractivity contribution in [2.45, 2.75) is 33.6 Å². The molecular formula is C11H22O4S. The van der Waals surface area contributed by atoms with Gasteiger partial charge in [0.05, 0.1) is 24.5 Å². The van der Waals surface area contributed by atoms with Crippen LogP contribution >= 0.6 is 0 Å². The van der Waals surface area contributed by atoms with E-state index in [4.69, 9.17) is 0 Å². The molecule has 0 heterocycles. The summed E-state index contributed by atoms with van der Waals surface area (Å²) in [6.07, 6.45) is 1.56. The van der Waals surface area contributed by atoms with Crippen molar-refractivity contribution in [3.05, 3.63) is 0 Å². The summed E-state index contributed by atoms with van der Waals surface area (Å²) in [6, 6.07) is 0. The molecule has 0 aliphatic heterocycles. The first-order valence-corrected chi connectivity index (χ1v) is 7.39. The van der Waals surface area contributed by atoms with E-state index in [0.717, 1.165) is 6.42 Å². The van der Waals surface area contributed by atoms with Gasteiger partial charge in [-0.15, -0.1) is 0 Å². The molecule has 96 valence electrons. The quantitative estimate of drug-likeness (QED) is 0.645. The first-order valence-electron chi connectivity index (χ1n) is 5.56. The lowest BCUT2D eigenvalue weighted by molar-refractivity contribution is -0.144. The van der Waals surface area contributed by atoms with Gasteiger partial charge in [-0.1, -0.05) is 27.2 Å². The van der Waals surface area contributed by atoms with Gasteiger partial charge in [-0.2, -0.15) is 0 Å². The van der Waals surface area contributed by atoms with Crippen LogP contribution in [0.15, 0.2) is 0 Å². The van der Waals surface area contributed by atoms with Gasteiger partial charge >= 0.3 is 5.97 Å². The number of hydrogen-bond acceptors (Lipinski definition) is 4. The van der Waals surface area contributed by atoms with Crippen LogP contribution in [-0.2, 0) is 19.4 Å². The Balaban J connectivity index is 4.10. The van der Waals surface area contributed by atoms with Crippen LogP contribution in [0.1, 0.15) is 33.6 Å². The highest BCUT2D eigenvalue weighted by Gasteiger charge is 2.21. The van der Waals surface area contributed by atoms with Crippen LogP contribution in [0.3, 0.4) is 0 Å². The maximum Gasteiger partial charge on any atom is 0.309 e. The van der Waals surface area contributed by atoms with Gasteiger partial charge in [0, 0.05) is 0 Å². The Morgan fingerprint density at radius 3 is 2.25 bits per heavy atom. The molecule has 0 aliphatic rings. The summed E-state index contributed by atoms with van der Waals surface area (Å²) < 4.78 is 27.8. The average molecular weight is 250 g/mol. The molecule has 1 atom stereocenters. The molecule has 1 unspecified atom stereocenters. The minimum atomic E-state index is -3.13. The Kier molecular flexibility index (Phi) is 6.64. The van der Waals surface area contributed by atoms with E-state index in [-0.39, 0.29) is 11.5 Å². The van der Waals surface area contributed by atoms with Crippen LogP contribution in [0.2, 0.25) is 0 Å². The summed E-state index contributed by atoms with van der Waals surface area (Å²) in [4.78, 5) is 11.1. The van der Waals surface area contributed by atoms with Gasteiger partial charge < -0.3 is 4.74 Å². The van der Waals surface area contributed by atoms with Gasteiger partial charge in [-0.3, -0.25) is 4.79 Å². The van der Waals surface area contributed by atoms with Crippen molar-refractivity contribution in [3.8, 4) is 0 Å². The van der Waals surface area contributed by atoms with Crippen LogP contribution in [0.25, 0.3) is 0 Å². The maximum absolute atomic E-state index is 11.6. The van der Waals surface area contributed by atoms with Gasteiger partial charge in [-0.25, -0.2) is 8.42 Å². The lowest BCUT2D eigenvalue weighted by atomic mass is 10.1. The molecule has 5 heteroatoms. The molecule has 16 heavy (non-hydrogen) atoms. The number of carbonyl (C=O) groups excluding carboxylic acids is 1. The van der Waals surface area contributed by atoms with Crippen molar-refractivity contribution in [1.29, 1.82) is 0 Å². The molecule has 0 bridgehead atoms. The third-order valence-corrected chi connectivity index (χ3v) is 4.26. The first kappa shape index (κ1) is 15.4. The molecule has 0 aromatic heterocycles. The molecule has 4 nitrogen and oxygen atoms in total. The summed E-state index contributed by atoms with van der Waals surface area (Å²) >= 11 is 0. The van der Waals surface area contributed by atoms with Crippen LogP contribution in [0, 0.1) is 11.8 Å². The van der Waals surface area contributed by atoms with E-state index in [1.165, 1.54) is 7.11 Å². The zero-order valence-electron chi connectivity index (χ0n) is 10.5. The van der Waals surface area contributed by atoms with Crippen molar-refractivity contribution in [2.24, 2.45) is 11.8 Å². The van der Waals surface area contributed by atoms with E-state index in [0.29, 0.717) is 12.3 Å². The molecule has 0 saturated carbocycles. The third-order valence-electron chi connectivity index (χ3n) is 2.34. The molecule has 0 aromatic rings. The molecule has 0 rings (SSSR count). The molecule has 0 aromatic carbocycles. The summed E-state index contributed by atoms with van der Waals surface area (Å²) in [5.41, 5.74) is 0. The fourth-order valence-corrected chi connectivity index (χ4v) is 3.12. The topological polar surface area (TPSA) is 60.4 Å². The Morgan fingerprint density at radius 2 is 1.81 bits per heavy atom. The van der Waals surface area contributed by atoms with Crippen LogP contribution in [-0.4, -0.2) is 33.0 Å². The second kappa shape index (κ2) is 6.89. The molecule has 0 N–H and O–H groups in total. The van der Waals surface area contributed by atoms with Crippen molar-refractivity contribution in [3.63, 3.8) is 0 Å². The van der Waals surface area contributed by atoms with Gasteiger partial charge in [0.15, 0.2) is 9.84 Å². The number of sulfone groups is 1. The Morgan fingerprint density at radius 1 is 1.25 bits per heavy atom. The summed E-state index contributed by atoms with van der Waals surface area (Å²) in [5.74, 6) is -0.487. The smallest absolute Gasteiger partial charge is 0.309 e. The van der Waals surface area contributed by atoms with E-state index >= 15 is 0 Å². The van der Waals surface area contributed by atoms with E-state index in [1.807, 2.05) is 0 Å². The minimum Gasteiger partial charge on any atom is -0.469 e. The zero-order chi connectivity index (χ0) is 12.8. The lowest BCUT2D eigenvalue weighted by Crippen LogP contribution is -2.24. The van der Waals surface area contributed by atoms with Crippen LogP contribution < -0.4 is 0 Å². The normalized spacial score (nSPS) is 13.8. The number of carbonyl (C=O) groups is 1. The Labute approximate surface area is 98.3 Å². The monoisotopic (exact) mass is 250 g/mol. The van der Waals surface area contributed by atoms with Gasteiger partial charge in [0.1, 0.15) is 0 Å². The minimum absolute atomic E-state index is 0.113. The molecule has 0 radical (unpaired) electrons. The maximum atomic E-state index is 11.6. The van der Waals surface area contributed by atoms with Crippen molar-refractivity contribution in [2.75, 3.05) is 18.6 Å². The van der Waals surface area contributed by atoms with E-state index in [2.05, 4.69) is 18.6 Å². The van der Waals surface area contributed by atoms with E-state index in [9.17, 15) is 13.2 Å². The highest BCUT2D eigenvalue weighted by Crippen LogP contribution is 2.09. The average Bonchev–Trinajstić information content (AvgIpc) is 2.14. The standard InChI is InChI=1S/C11H22O4S/c1-9(2)6-5-7-16(13,14)8-10(3)11(12)15-4/h9-10H,5-8H2,1-4H3. The third kappa shape index (κ3) is 6.82. The molecule has 0 fully saturated rings. The Bertz CT molecular complexity index is 306. The number of methoxy groups -OCH3 is 1. The van der Waals surface area contributed by atoms with Crippen LogP contribution in [0.5, 0.6) is 0 Å². The molecule has 0 aliphatic carbocycles. The SMILES string of the molecule is COC(=O)C(C)CS(=O)(=O)CCCC(C)C. The van der Waals surface area contributed by atoms with Gasteiger partial charge in [-0.05, 0) is 12.3 Å². The molecule has 0 spiro atoms. The predicted octanol–water partition coefficient (Wildman–Crippen LogP) is 1.65. The summed E-state index contributed by atoms with van der Waals surface area (Å²) in [7, 11) is -1.86. The van der Waals surface area contributed by atoms with E-state index in [1.54, 1.807) is 6.92 Å². The fourth-order valence-electron chi connectivity index (χ4n) is 1.44. The largest absolute Gasteiger partial charge is 0.469 e. The van der Waals surface area contributed by atoms with Gasteiger partial charge in [0.25, 0.3) is 0 Å². The summed E-state index contributed by atoms with van der Waals surface area (Å²) in [5, 5.41) is 0. The van der Waals surface area contributed by atoms with Crippen molar-refractivity contribution in [1.82, 2.24) is 0 Å². The van der Waals surface area contributed by atoms with Crippen LogP contribution in [0.4, 0.5) is 0 Å². The van der Waals surface area contributed by atoms with Crippen molar-refractivity contribution < 1.29 is 17.9 Å². The highest BCUT2D eigenvalue weighted by atomic mass is 32.2. The fraction of sp³-hybridized carbons (Fsp3) is 0.909. The zero-order valence-corrected chi connectivity index (χ0v) is 11.3. The lowest BCUT2D eigenvalue weighted by Gasteiger charge is -2.10. The highest BCUT2D eigenvalue weighted by molar-refractivity contribution is 7.91. The summed E-state index contributed by atoms with van der Waals surface area (Å²) in [6.45, 7) is 5.69. The predicted molar refractivity (Wildman–Crippen MR) is 63.9 cm³/mol.